The molecule has 0 heterocycles. The molecule has 3 rings (SSSR count). The Bertz CT molecular complexity index is 1130. The number of rotatable bonds is 8. The zero-order valence-electron chi connectivity index (χ0n) is 17.2. The largest absolute Gasteiger partial charge is 0.493 e. The highest BCUT2D eigenvalue weighted by molar-refractivity contribution is 9.11. The third-order valence-electron chi connectivity index (χ3n) is 4.38. The van der Waals surface area contributed by atoms with E-state index in [0.29, 0.717) is 34.4 Å². The van der Waals surface area contributed by atoms with E-state index in [9.17, 15) is 4.79 Å². The molecular weight excluding hydrogens is 564 g/mol. The lowest BCUT2D eigenvalue weighted by atomic mass is 10.2. The molecule has 0 bridgehead atoms. The highest BCUT2D eigenvalue weighted by Crippen LogP contribution is 2.35. The highest BCUT2D eigenvalue weighted by Gasteiger charge is 2.12. The standard InChI is InChI=1S/C23H19Br2ClN2O4/c1-30-20-8-7-15(11-21(20)31-2)23(29)28-27-12-14-9-17(24)22(18(25)10-14)32-13-16-5-3-4-6-19(16)26/h3-12H,13H2,1-2H3,(H,28,29)/b27-12+. The van der Waals surface area contributed by atoms with Crippen LogP contribution in [-0.2, 0) is 6.61 Å². The van der Waals surface area contributed by atoms with Gasteiger partial charge in [-0.25, -0.2) is 5.43 Å². The average Bonchev–Trinajstić information content (AvgIpc) is 2.79. The zero-order valence-corrected chi connectivity index (χ0v) is 21.1. The molecule has 3 aromatic rings. The van der Waals surface area contributed by atoms with Crippen LogP contribution in [0.2, 0.25) is 5.02 Å². The second kappa shape index (κ2) is 11.4. The van der Waals surface area contributed by atoms with E-state index in [-0.39, 0.29) is 5.91 Å². The van der Waals surface area contributed by atoms with Crippen molar-refractivity contribution in [3.63, 3.8) is 0 Å². The summed E-state index contributed by atoms with van der Waals surface area (Å²) in [5.74, 6) is 1.26. The second-order valence-electron chi connectivity index (χ2n) is 6.46. The minimum absolute atomic E-state index is 0.325. The SMILES string of the molecule is COc1ccc(C(=O)N/N=C/c2cc(Br)c(OCc3ccccc3Cl)c(Br)c2)cc1OC. The van der Waals surface area contributed by atoms with Gasteiger partial charge in [-0.3, -0.25) is 4.79 Å². The molecule has 0 aromatic heterocycles. The van der Waals surface area contributed by atoms with Gasteiger partial charge in [-0.15, -0.1) is 0 Å². The lowest BCUT2D eigenvalue weighted by Crippen LogP contribution is -2.17. The van der Waals surface area contributed by atoms with E-state index < -0.39 is 0 Å². The molecule has 0 radical (unpaired) electrons. The van der Waals surface area contributed by atoms with E-state index in [0.717, 1.165) is 20.1 Å². The number of methoxy groups -OCH3 is 2. The molecule has 0 aliphatic carbocycles. The zero-order chi connectivity index (χ0) is 23.1. The van der Waals surface area contributed by atoms with Gasteiger partial charge in [0.25, 0.3) is 5.91 Å². The fourth-order valence-corrected chi connectivity index (χ4v) is 4.41. The Balaban J connectivity index is 1.66. The molecule has 166 valence electrons. The van der Waals surface area contributed by atoms with E-state index in [2.05, 4.69) is 42.4 Å². The van der Waals surface area contributed by atoms with Gasteiger partial charge in [-0.05, 0) is 73.8 Å². The number of nitrogens with zero attached hydrogens (tertiary/aromatic N) is 1. The quantitative estimate of drug-likeness (QED) is 0.253. The van der Waals surface area contributed by atoms with Gasteiger partial charge in [-0.2, -0.15) is 5.10 Å². The predicted molar refractivity (Wildman–Crippen MR) is 132 cm³/mol. The molecule has 0 atom stereocenters. The first-order chi connectivity index (χ1) is 15.4. The van der Waals surface area contributed by atoms with Crippen LogP contribution in [0.3, 0.4) is 0 Å². The van der Waals surface area contributed by atoms with Crippen LogP contribution >= 0.6 is 43.5 Å². The molecule has 32 heavy (non-hydrogen) atoms. The number of hydrogen-bond donors (Lipinski definition) is 1. The van der Waals surface area contributed by atoms with Gasteiger partial charge in [0.15, 0.2) is 11.5 Å². The molecule has 0 unspecified atom stereocenters. The lowest BCUT2D eigenvalue weighted by molar-refractivity contribution is 0.0954. The monoisotopic (exact) mass is 580 g/mol. The molecule has 3 aromatic carbocycles. The Kier molecular flexibility index (Phi) is 8.55. The number of carbonyl (C=O) groups is 1. The maximum absolute atomic E-state index is 12.4. The number of amides is 1. The molecular formula is C23H19Br2ClN2O4. The van der Waals surface area contributed by atoms with Gasteiger partial charge in [0.1, 0.15) is 12.4 Å². The number of benzene rings is 3. The first kappa shape index (κ1) is 24.1. The summed E-state index contributed by atoms with van der Waals surface area (Å²) in [7, 11) is 3.04. The minimum Gasteiger partial charge on any atom is -0.493 e. The molecule has 0 fully saturated rings. The Hall–Kier alpha value is -2.55. The molecule has 9 heteroatoms. The van der Waals surface area contributed by atoms with Crippen LogP contribution in [0.15, 0.2) is 68.6 Å². The van der Waals surface area contributed by atoms with E-state index in [1.165, 1.54) is 20.4 Å². The maximum Gasteiger partial charge on any atom is 0.271 e. The van der Waals surface area contributed by atoms with Crippen LogP contribution < -0.4 is 19.6 Å². The van der Waals surface area contributed by atoms with Crippen molar-refractivity contribution >= 4 is 55.6 Å². The first-order valence-electron chi connectivity index (χ1n) is 9.33. The van der Waals surface area contributed by atoms with Gasteiger partial charge < -0.3 is 14.2 Å². The minimum atomic E-state index is -0.375. The summed E-state index contributed by atoms with van der Waals surface area (Å²) in [6.45, 7) is 0.325. The third kappa shape index (κ3) is 6.03. The summed E-state index contributed by atoms with van der Waals surface area (Å²) in [6.07, 6.45) is 1.53. The fraction of sp³-hybridized carbons (Fsp3) is 0.130. The molecule has 0 saturated heterocycles. The topological polar surface area (TPSA) is 69.2 Å². The van der Waals surface area contributed by atoms with Gasteiger partial charge in [0, 0.05) is 16.1 Å². The molecule has 0 aliphatic rings. The number of ether oxygens (including phenoxy) is 3. The summed E-state index contributed by atoms with van der Waals surface area (Å²) in [5.41, 5.74) is 4.53. The second-order valence-corrected chi connectivity index (χ2v) is 8.58. The Morgan fingerprint density at radius 3 is 2.38 bits per heavy atom. The third-order valence-corrected chi connectivity index (χ3v) is 5.92. The number of hydrazone groups is 1. The van der Waals surface area contributed by atoms with Gasteiger partial charge in [-0.1, -0.05) is 29.8 Å². The van der Waals surface area contributed by atoms with Gasteiger partial charge >= 0.3 is 0 Å². The summed E-state index contributed by atoms with van der Waals surface area (Å²) >= 11 is 13.2. The van der Waals surface area contributed by atoms with Crippen LogP contribution in [0, 0.1) is 0 Å². The van der Waals surface area contributed by atoms with Crippen LogP contribution in [0.1, 0.15) is 21.5 Å². The van der Waals surface area contributed by atoms with Crippen molar-refractivity contribution in [2.24, 2.45) is 5.10 Å². The van der Waals surface area contributed by atoms with E-state index in [4.69, 9.17) is 25.8 Å². The van der Waals surface area contributed by atoms with Crippen LogP contribution in [-0.4, -0.2) is 26.3 Å². The van der Waals surface area contributed by atoms with E-state index >= 15 is 0 Å². The first-order valence-corrected chi connectivity index (χ1v) is 11.3. The van der Waals surface area contributed by atoms with Crippen molar-refractivity contribution in [3.8, 4) is 17.2 Å². The Morgan fingerprint density at radius 2 is 1.72 bits per heavy atom. The normalized spacial score (nSPS) is 10.8. The molecule has 0 spiro atoms. The van der Waals surface area contributed by atoms with Gasteiger partial charge in [0.2, 0.25) is 0 Å². The highest BCUT2D eigenvalue weighted by atomic mass is 79.9. The van der Waals surface area contributed by atoms with Crippen molar-refractivity contribution in [2.45, 2.75) is 6.61 Å². The number of nitrogens with one attached hydrogen (secondary N) is 1. The number of carbonyl (C=O) groups excluding carboxylic acids is 1. The summed E-state index contributed by atoms with van der Waals surface area (Å²) in [4.78, 5) is 12.4. The van der Waals surface area contributed by atoms with Crippen molar-refractivity contribution in [2.75, 3.05) is 14.2 Å². The van der Waals surface area contributed by atoms with Crippen molar-refractivity contribution in [1.82, 2.24) is 5.43 Å². The summed E-state index contributed by atoms with van der Waals surface area (Å²) < 4.78 is 17.8. The van der Waals surface area contributed by atoms with Crippen LogP contribution in [0.4, 0.5) is 0 Å². The number of halogens is 3. The van der Waals surface area contributed by atoms with Crippen molar-refractivity contribution in [1.29, 1.82) is 0 Å². The Morgan fingerprint density at radius 1 is 1.03 bits per heavy atom. The molecule has 0 saturated carbocycles. The fourth-order valence-electron chi connectivity index (χ4n) is 2.76. The molecule has 0 aliphatic heterocycles. The molecule has 6 nitrogen and oxygen atoms in total. The smallest absolute Gasteiger partial charge is 0.271 e. The van der Waals surface area contributed by atoms with Crippen LogP contribution in [0.5, 0.6) is 17.2 Å². The van der Waals surface area contributed by atoms with E-state index in [1.807, 2.05) is 36.4 Å². The van der Waals surface area contributed by atoms with Crippen molar-refractivity contribution in [3.05, 3.63) is 85.3 Å². The van der Waals surface area contributed by atoms with Crippen LogP contribution in [0.25, 0.3) is 0 Å². The summed E-state index contributed by atoms with van der Waals surface area (Å²) in [5, 5.41) is 4.68. The maximum atomic E-state index is 12.4. The predicted octanol–water partition coefficient (Wildman–Crippen LogP) is 6.23. The Labute approximate surface area is 207 Å². The number of hydrogen-bond acceptors (Lipinski definition) is 5. The average molecular weight is 583 g/mol. The molecule has 1 N–H and O–H groups in total. The lowest BCUT2D eigenvalue weighted by Gasteiger charge is -2.12. The van der Waals surface area contributed by atoms with Crippen molar-refractivity contribution < 1.29 is 19.0 Å². The summed E-state index contributed by atoms with van der Waals surface area (Å²) in [6, 6.07) is 16.0. The molecule has 1 amide bonds. The van der Waals surface area contributed by atoms with Gasteiger partial charge in [0.05, 0.1) is 29.4 Å². The van der Waals surface area contributed by atoms with E-state index in [1.54, 1.807) is 18.2 Å².